The van der Waals surface area contributed by atoms with Crippen molar-refractivity contribution < 1.29 is 23.8 Å². The van der Waals surface area contributed by atoms with Crippen molar-refractivity contribution in [1.82, 2.24) is 14.7 Å². The minimum absolute atomic E-state index is 0.229. The van der Waals surface area contributed by atoms with E-state index >= 15 is 0 Å². The molecule has 32 heavy (non-hydrogen) atoms. The van der Waals surface area contributed by atoms with Gasteiger partial charge in [0.05, 0.1) is 38.8 Å². The van der Waals surface area contributed by atoms with E-state index in [0.29, 0.717) is 35.6 Å². The zero-order chi connectivity index (χ0) is 22.7. The molecular weight excluding hydrogens is 410 g/mol. The maximum absolute atomic E-state index is 13.5. The fourth-order valence-electron chi connectivity index (χ4n) is 3.96. The van der Waals surface area contributed by atoms with E-state index in [-0.39, 0.29) is 24.8 Å². The average molecular weight is 435 g/mol. The molecule has 0 atom stereocenters. The molecule has 3 aromatic rings. The number of hydrogen-bond donors (Lipinski definition) is 0. The molecule has 0 saturated carbocycles. The van der Waals surface area contributed by atoms with E-state index in [1.54, 1.807) is 34.7 Å². The standard InChI is InChI=1S/C24H25N3O5/c1-4-32-24(29)22-17-15-26(23(28)21-19(30-2)11-8-12-20(21)31-3)14-13-18(17)27(25-22)16-9-6-5-7-10-16/h5-12H,4,13-15H2,1-3H3. The second kappa shape index (κ2) is 9.13. The summed E-state index contributed by atoms with van der Waals surface area (Å²) >= 11 is 0. The number of carbonyl (C=O) groups is 2. The van der Waals surface area contributed by atoms with Crippen LogP contribution in [0.1, 0.15) is 39.0 Å². The third kappa shape index (κ3) is 3.79. The van der Waals surface area contributed by atoms with Crippen molar-refractivity contribution in [3.05, 3.63) is 71.0 Å². The first-order chi connectivity index (χ1) is 15.6. The monoisotopic (exact) mass is 435 g/mol. The Hall–Kier alpha value is -3.81. The highest BCUT2D eigenvalue weighted by atomic mass is 16.5. The molecule has 0 bridgehead atoms. The maximum atomic E-state index is 13.5. The number of fused-ring (bicyclic) bond motifs is 1. The molecule has 4 rings (SSSR count). The molecule has 0 radical (unpaired) electrons. The van der Waals surface area contributed by atoms with E-state index in [2.05, 4.69) is 5.10 Å². The number of nitrogens with zero attached hydrogens (tertiary/aromatic N) is 3. The third-order valence-corrected chi connectivity index (χ3v) is 5.46. The molecule has 1 aromatic heterocycles. The Balaban J connectivity index is 1.74. The average Bonchev–Trinajstić information content (AvgIpc) is 3.22. The Kier molecular flexibility index (Phi) is 6.11. The lowest BCUT2D eigenvalue weighted by Crippen LogP contribution is -2.37. The number of rotatable bonds is 6. The molecular formula is C24H25N3O5. The normalized spacial score (nSPS) is 12.8. The topological polar surface area (TPSA) is 82.9 Å². The van der Waals surface area contributed by atoms with Gasteiger partial charge in [-0.1, -0.05) is 24.3 Å². The summed E-state index contributed by atoms with van der Waals surface area (Å²) in [7, 11) is 3.03. The summed E-state index contributed by atoms with van der Waals surface area (Å²) in [6.07, 6.45) is 0.542. The number of carbonyl (C=O) groups excluding carboxylic acids is 2. The van der Waals surface area contributed by atoms with Crippen molar-refractivity contribution in [1.29, 1.82) is 0 Å². The van der Waals surface area contributed by atoms with E-state index < -0.39 is 5.97 Å². The number of ether oxygens (including phenoxy) is 3. The van der Waals surface area contributed by atoms with Gasteiger partial charge in [-0.25, -0.2) is 9.48 Å². The molecule has 0 N–H and O–H groups in total. The van der Waals surface area contributed by atoms with Crippen LogP contribution in [0.4, 0.5) is 0 Å². The van der Waals surface area contributed by atoms with Crippen LogP contribution in [0.5, 0.6) is 11.5 Å². The molecule has 1 aliphatic heterocycles. The van der Waals surface area contributed by atoms with Crippen LogP contribution in [0.2, 0.25) is 0 Å². The molecule has 1 amide bonds. The molecule has 0 saturated heterocycles. The van der Waals surface area contributed by atoms with Gasteiger partial charge in [0.15, 0.2) is 5.69 Å². The summed E-state index contributed by atoms with van der Waals surface area (Å²) in [5, 5.41) is 4.57. The molecule has 0 fully saturated rings. The van der Waals surface area contributed by atoms with E-state index in [9.17, 15) is 9.59 Å². The van der Waals surface area contributed by atoms with E-state index in [4.69, 9.17) is 14.2 Å². The van der Waals surface area contributed by atoms with Gasteiger partial charge in [-0.05, 0) is 31.2 Å². The van der Waals surface area contributed by atoms with Gasteiger partial charge in [0.2, 0.25) is 0 Å². The Morgan fingerprint density at radius 1 is 1.00 bits per heavy atom. The number of esters is 1. The number of para-hydroxylation sites is 1. The van der Waals surface area contributed by atoms with Crippen LogP contribution in [-0.4, -0.2) is 53.9 Å². The molecule has 8 nitrogen and oxygen atoms in total. The number of hydrogen-bond acceptors (Lipinski definition) is 6. The summed E-state index contributed by atoms with van der Waals surface area (Å²) in [5.74, 6) is 0.145. The molecule has 0 aliphatic carbocycles. The van der Waals surface area contributed by atoms with Crippen LogP contribution in [0, 0.1) is 0 Å². The van der Waals surface area contributed by atoms with Crippen molar-refractivity contribution in [2.24, 2.45) is 0 Å². The van der Waals surface area contributed by atoms with Crippen molar-refractivity contribution in [2.75, 3.05) is 27.4 Å². The zero-order valence-electron chi connectivity index (χ0n) is 18.3. The Labute approximate surface area is 186 Å². The second-order valence-corrected chi connectivity index (χ2v) is 7.26. The summed E-state index contributed by atoms with van der Waals surface area (Å²) in [4.78, 5) is 27.8. The molecule has 8 heteroatoms. The van der Waals surface area contributed by atoms with Crippen LogP contribution < -0.4 is 9.47 Å². The largest absolute Gasteiger partial charge is 0.496 e. The first-order valence-corrected chi connectivity index (χ1v) is 10.4. The number of aromatic nitrogens is 2. The maximum Gasteiger partial charge on any atom is 0.359 e. The Morgan fingerprint density at radius 3 is 2.31 bits per heavy atom. The van der Waals surface area contributed by atoms with Crippen LogP contribution in [0.15, 0.2) is 48.5 Å². The quantitative estimate of drug-likeness (QED) is 0.553. The highest BCUT2D eigenvalue weighted by Gasteiger charge is 2.33. The smallest absolute Gasteiger partial charge is 0.359 e. The summed E-state index contributed by atoms with van der Waals surface area (Å²) < 4.78 is 17.8. The van der Waals surface area contributed by atoms with Gasteiger partial charge >= 0.3 is 5.97 Å². The summed E-state index contributed by atoms with van der Waals surface area (Å²) in [6.45, 7) is 2.69. The Bertz CT molecular complexity index is 1120. The van der Waals surface area contributed by atoms with Gasteiger partial charge in [-0.2, -0.15) is 5.10 Å². The minimum atomic E-state index is -0.498. The van der Waals surface area contributed by atoms with Gasteiger partial charge in [0.1, 0.15) is 17.1 Å². The predicted molar refractivity (Wildman–Crippen MR) is 118 cm³/mol. The van der Waals surface area contributed by atoms with Gasteiger partial charge in [-0.3, -0.25) is 4.79 Å². The van der Waals surface area contributed by atoms with Gasteiger partial charge < -0.3 is 19.1 Å². The third-order valence-electron chi connectivity index (χ3n) is 5.46. The predicted octanol–water partition coefficient (Wildman–Crippen LogP) is 3.26. The molecule has 0 spiro atoms. The lowest BCUT2D eigenvalue weighted by atomic mass is 10.0. The van der Waals surface area contributed by atoms with Gasteiger partial charge in [0.25, 0.3) is 5.91 Å². The Morgan fingerprint density at radius 2 is 1.69 bits per heavy atom. The van der Waals surface area contributed by atoms with Crippen LogP contribution in [-0.2, 0) is 17.7 Å². The second-order valence-electron chi connectivity index (χ2n) is 7.26. The van der Waals surface area contributed by atoms with Crippen molar-refractivity contribution in [3.8, 4) is 17.2 Å². The van der Waals surface area contributed by atoms with Crippen LogP contribution >= 0.6 is 0 Å². The van der Waals surface area contributed by atoms with Crippen LogP contribution in [0.25, 0.3) is 5.69 Å². The van der Waals surface area contributed by atoms with Crippen molar-refractivity contribution >= 4 is 11.9 Å². The molecule has 0 unspecified atom stereocenters. The van der Waals surface area contributed by atoms with Crippen molar-refractivity contribution in [2.45, 2.75) is 19.9 Å². The van der Waals surface area contributed by atoms with Crippen molar-refractivity contribution in [3.63, 3.8) is 0 Å². The minimum Gasteiger partial charge on any atom is -0.496 e. The highest BCUT2D eigenvalue weighted by Crippen LogP contribution is 2.32. The fraction of sp³-hybridized carbons (Fsp3) is 0.292. The molecule has 2 heterocycles. The molecule has 166 valence electrons. The van der Waals surface area contributed by atoms with E-state index in [0.717, 1.165) is 11.4 Å². The van der Waals surface area contributed by atoms with Crippen LogP contribution in [0.3, 0.4) is 0 Å². The highest BCUT2D eigenvalue weighted by molar-refractivity contribution is 6.00. The summed E-state index contributed by atoms with van der Waals surface area (Å²) in [5.41, 5.74) is 3.03. The fourth-order valence-corrected chi connectivity index (χ4v) is 3.96. The lowest BCUT2D eigenvalue weighted by Gasteiger charge is -2.29. The lowest BCUT2D eigenvalue weighted by molar-refractivity contribution is 0.0513. The zero-order valence-corrected chi connectivity index (χ0v) is 18.3. The first-order valence-electron chi connectivity index (χ1n) is 10.4. The summed E-state index contributed by atoms with van der Waals surface area (Å²) in [6, 6.07) is 14.8. The van der Waals surface area contributed by atoms with Gasteiger partial charge in [0, 0.05) is 18.5 Å². The van der Waals surface area contributed by atoms with E-state index in [1.807, 2.05) is 30.3 Å². The molecule has 2 aromatic carbocycles. The van der Waals surface area contributed by atoms with Gasteiger partial charge in [-0.15, -0.1) is 0 Å². The van der Waals surface area contributed by atoms with E-state index in [1.165, 1.54) is 14.2 Å². The first kappa shape index (κ1) is 21.4. The number of benzene rings is 2. The molecule has 1 aliphatic rings. The number of amides is 1. The SMILES string of the molecule is CCOC(=O)c1nn(-c2ccccc2)c2c1CN(C(=O)c1c(OC)cccc1OC)CC2. The number of methoxy groups -OCH3 is 2.